The Kier molecular flexibility index (Phi) is 4.29. The number of carbonyl (C=O) groups excluding carboxylic acids is 2. The van der Waals surface area contributed by atoms with Crippen LogP contribution in [0.15, 0.2) is 18.2 Å². The number of ether oxygens (including phenoxy) is 1. The fourth-order valence-electron chi connectivity index (χ4n) is 3.08. The molecule has 1 saturated heterocycles. The van der Waals surface area contributed by atoms with Crippen molar-refractivity contribution in [2.45, 2.75) is 25.8 Å². The van der Waals surface area contributed by atoms with Crippen LogP contribution in [0.5, 0.6) is 5.75 Å². The van der Waals surface area contributed by atoms with Crippen LogP contribution in [0.1, 0.15) is 30.1 Å². The van der Waals surface area contributed by atoms with E-state index in [2.05, 4.69) is 22.5 Å². The number of rotatable bonds is 4. The van der Waals surface area contributed by atoms with Crippen LogP contribution in [0, 0.1) is 0 Å². The number of nitrogens with zero attached hydrogens (tertiary/aromatic N) is 1. The van der Waals surface area contributed by atoms with E-state index < -0.39 is 0 Å². The molecule has 0 spiro atoms. The highest BCUT2D eigenvalue weighted by Gasteiger charge is 2.24. The third-order valence-corrected chi connectivity index (χ3v) is 4.28. The topological polar surface area (TPSA) is 70.7 Å². The zero-order valence-electron chi connectivity index (χ0n) is 12.7. The van der Waals surface area contributed by atoms with E-state index >= 15 is 0 Å². The van der Waals surface area contributed by atoms with Crippen LogP contribution in [0.25, 0.3) is 0 Å². The number of hydrogen-bond donors (Lipinski definition) is 2. The van der Waals surface area contributed by atoms with Gasteiger partial charge in [0.25, 0.3) is 11.8 Å². The van der Waals surface area contributed by atoms with Gasteiger partial charge in [0.15, 0.2) is 6.61 Å². The number of fused-ring (bicyclic) bond motifs is 1. The number of benzene rings is 1. The predicted molar refractivity (Wildman–Crippen MR) is 83.2 cm³/mol. The summed E-state index contributed by atoms with van der Waals surface area (Å²) in [5.41, 5.74) is 1.09. The molecule has 1 fully saturated rings. The van der Waals surface area contributed by atoms with Gasteiger partial charge in [0.1, 0.15) is 5.75 Å². The Bertz CT molecular complexity index is 588. The summed E-state index contributed by atoms with van der Waals surface area (Å²) in [6.45, 7) is 4.95. The van der Waals surface area contributed by atoms with Crippen molar-refractivity contribution in [3.63, 3.8) is 0 Å². The van der Waals surface area contributed by atoms with E-state index in [1.54, 1.807) is 18.2 Å². The molecule has 3 rings (SSSR count). The van der Waals surface area contributed by atoms with Gasteiger partial charge in [-0.25, -0.2) is 0 Å². The Morgan fingerprint density at radius 3 is 3.18 bits per heavy atom. The summed E-state index contributed by atoms with van der Waals surface area (Å²) in [4.78, 5) is 26.0. The van der Waals surface area contributed by atoms with Gasteiger partial charge < -0.3 is 15.4 Å². The van der Waals surface area contributed by atoms with Crippen molar-refractivity contribution in [2.24, 2.45) is 0 Å². The van der Waals surface area contributed by atoms with Gasteiger partial charge in [-0.15, -0.1) is 0 Å². The standard InChI is InChI=1S/C16H21N3O3/c1-2-19-7-3-4-12(19)9-17-16(21)11-5-6-14-13(8-11)18-15(20)10-22-14/h5-6,8,12H,2-4,7,9-10H2,1H3,(H,17,21)(H,18,20)/t12-/m1/s1. The van der Waals surface area contributed by atoms with Gasteiger partial charge in [-0.2, -0.15) is 0 Å². The molecule has 0 radical (unpaired) electrons. The summed E-state index contributed by atoms with van der Waals surface area (Å²) in [5, 5.41) is 5.71. The Balaban J connectivity index is 1.63. The third kappa shape index (κ3) is 3.06. The summed E-state index contributed by atoms with van der Waals surface area (Å²) in [5.74, 6) is 0.282. The van der Waals surface area contributed by atoms with Crippen molar-refractivity contribution in [2.75, 3.05) is 31.6 Å². The van der Waals surface area contributed by atoms with Crippen LogP contribution in [-0.4, -0.2) is 49.0 Å². The monoisotopic (exact) mass is 303 g/mol. The van der Waals surface area contributed by atoms with E-state index in [0.29, 0.717) is 29.6 Å². The minimum atomic E-state index is -0.199. The second-order valence-electron chi connectivity index (χ2n) is 5.68. The summed E-state index contributed by atoms with van der Waals surface area (Å²) < 4.78 is 5.29. The van der Waals surface area contributed by atoms with Gasteiger partial charge in [0.2, 0.25) is 0 Å². The van der Waals surface area contributed by atoms with Crippen LogP contribution in [0.4, 0.5) is 5.69 Å². The summed E-state index contributed by atoms with van der Waals surface area (Å²) >= 11 is 0. The first-order valence-electron chi connectivity index (χ1n) is 7.76. The van der Waals surface area contributed by atoms with Crippen molar-refractivity contribution < 1.29 is 14.3 Å². The van der Waals surface area contributed by atoms with Gasteiger partial charge in [-0.05, 0) is 44.1 Å². The van der Waals surface area contributed by atoms with Crippen LogP contribution in [0.3, 0.4) is 0 Å². The van der Waals surface area contributed by atoms with E-state index in [1.165, 1.54) is 6.42 Å². The van der Waals surface area contributed by atoms with E-state index in [4.69, 9.17) is 4.74 Å². The average molecular weight is 303 g/mol. The predicted octanol–water partition coefficient (Wildman–Crippen LogP) is 1.23. The van der Waals surface area contributed by atoms with Crippen molar-refractivity contribution >= 4 is 17.5 Å². The van der Waals surface area contributed by atoms with Gasteiger partial charge in [-0.1, -0.05) is 6.92 Å². The van der Waals surface area contributed by atoms with Gasteiger partial charge in [0.05, 0.1) is 5.69 Å². The minimum Gasteiger partial charge on any atom is -0.482 e. The molecule has 2 aliphatic rings. The number of carbonyl (C=O) groups is 2. The number of likely N-dealkylation sites (N-methyl/N-ethyl adjacent to an activating group) is 1. The summed E-state index contributed by atoms with van der Waals surface area (Å²) in [6, 6.07) is 5.53. The molecule has 1 aromatic rings. The Hall–Kier alpha value is -2.08. The molecule has 2 aliphatic heterocycles. The maximum Gasteiger partial charge on any atom is 0.262 e. The maximum absolute atomic E-state index is 12.3. The second kappa shape index (κ2) is 6.36. The zero-order chi connectivity index (χ0) is 15.5. The molecule has 118 valence electrons. The Labute approximate surface area is 129 Å². The summed E-state index contributed by atoms with van der Waals surface area (Å²) in [7, 11) is 0. The maximum atomic E-state index is 12.3. The van der Waals surface area contributed by atoms with Gasteiger partial charge in [-0.3, -0.25) is 14.5 Å². The highest BCUT2D eigenvalue weighted by atomic mass is 16.5. The molecule has 0 bridgehead atoms. The third-order valence-electron chi connectivity index (χ3n) is 4.28. The first-order valence-corrected chi connectivity index (χ1v) is 7.76. The fraction of sp³-hybridized carbons (Fsp3) is 0.500. The van der Waals surface area contributed by atoms with Crippen LogP contribution in [0.2, 0.25) is 0 Å². The fourth-order valence-corrected chi connectivity index (χ4v) is 3.08. The lowest BCUT2D eigenvalue weighted by molar-refractivity contribution is -0.118. The molecular formula is C16H21N3O3. The van der Waals surface area contributed by atoms with Crippen molar-refractivity contribution in [3.05, 3.63) is 23.8 Å². The average Bonchev–Trinajstić information content (AvgIpc) is 2.99. The molecule has 6 nitrogen and oxygen atoms in total. The van der Waals surface area contributed by atoms with E-state index in [-0.39, 0.29) is 18.4 Å². The van der Waals surface area contributed by atoms with Crippen LogP contribution >= 0.6 is 0 Å². The van der Waals surface area contributed by atoms with Crippen LogP contribution in [-0.2, 0) is 4.79 Å². The number of amides is 2. The van der Waals surface area contributed by atoms with Gasteiger partial charge >= 0.3 is 0 Å². The quantitative estimate of drug-likeness (QED) is 0.878. The zero-order valence-corrected chi connectivity index (χ0v) is 12.7. The van der Waals surface area contributed by atoms with Crippen molar-refractivity contribution in [1.29, 1.82) is 0 Å². The number of likely N-dealkylation sites (tertiary alicyclic amines) is 1. The largest absolute Gasteiger partial charge is 0.482 e. The molecule has 0 unspecified atom stereocenters. The molecule has 0 saturated carbocycles. The molecule has 1 atom stereocenters. The second-order valence-corrected chi connectivity index (χ2v) is 5.68. The minimum absolute atomic E-state index is 0.0209. The van der Waals surface area contributed by atoms with E-state index in [9.17, 15) is 9.59 Å². The molecule has 22 heavy (non-hydrogen) atoms. The van der Waals surface area contributed by atoms with E-state index in [0.717, 1.165) is 19.5 Å². The normalized spacial score (nSPS) is 21.0. The Morgan fingerprint density at radius 2 is 2.36 bits per heavy atom. The van der Waals surface area contributed by atoms with E-state index in [1.807, 2.05) is 0 Å². The van der Waals surface area contributed by atoms with Crippen LogP contribution < -0.4 is 15.4 Å². The number of nitrogens with one attached hydrogen (secondary N) is 2. The molecular weight excluding hydrogens is 282 g/mol. The molecule has 2 heterocycles. The smallest absolute Gasteiger partial charge is 0.262 e. The lowest BCUT2D eigenvalue weighted by Gasteiger charge is -2.23. The highest BCUT2D eigenvalue weighted by molar-refractivity contribution is 5.99. The lowest BCUT2D eigenvalue weighted by Crippen LogP contribution is -2.40. The molecule has 6 heteroatoms. The van der Waals surface area contributed by atoms with Gasteiger partial charge in [0, 0.05) is 18.2 Å². The van der Waals surface area contributed by atoms with Crippen molar-refractivity contribution in [3.8, 4) is 5.75 Å². The molecule has 2 N–H and O–H groups in total. The lowest BCUT2D eigenvalue weighted by atomic mass is 10.1. The SMILES string of the molecule is CCN1CCC[C@@H]1CNC(=O)c1ccc2c(c1)NC(=O)CO2. The molecule has 0 aromatic heterocycles. The number of hydrogen-bond acceptors (Lipinski definition) is 4. The molecule has 2 amide bonds. The molecule has 1 aromatic carbocycles. The summed E-state index contributed by atoms with van der Waals surface area (Å²) in [6.07, 6.45) is 2.32. The highest BCUT2D eigenvalue weighted by Crippen LogP contribution is 2.28. The Morgan fingerprint density at radius 1 is 1.50 bits per heavy atom. The first-order chi connectivity index (χ1) is 10.7. The van der Waals surface area contributed by atoms with Crippen molar-refractivity contribution in [1.82, 2.24) is 10.2 Å². The first kappa shape index (κ1) is 14.8. The number of anilines is 1. The molecule has 0 aliphatic carbocycles.